The van der Waals surface area contributed by atoms with Crippen LogP contribution in [0.5, 0.6) is 11.8 Å². The number of fused-ring (bicyclic) bond motifs is 5. The average molecular weight is 1090 g/mol. The van der Waals surface area contributed by atoms with Gasteiger partial charge < -0.3 is 48.1 Å². The van der Waals surface area contributed by atoms with Crippen LogP contribution in [0.25, 0.3) is 0 Å². The van der Waals surface area contributed by atoms with E-state index in [0.29, 0.717) is 11.1 Å². The first-order valence-corrected chi connectivity index (χ1v) is 22.2. The molecule has 18 nitrogen and oxygen atoms in total. The average Bonchev–Trinajstić information content (AvgIpc) is 3.86. The van der Waals surface area contributed by atoms with Gasteiger partial charge in [0.1, 0.15) is 87.7 Å². The highest BCUT2D eigenvalue weighted by atomic mass is 79.9. The zero-order valence-corrected chi connectivity index (χ0v) is 42.3. The van der Waals surface area contributed by atoms with Crippen LogP contribution in [0.1, 0.15) is 106 Å². The van der Waals surface area contributed by atoms with Gasteiger partial charge in [0.05, 0.1) is 23.1 Å². The fourth-order valence-electron chi connectivity index (χ4n) is 5.50. The smallest absolute Gasteiger partial charge is 0.322 e. The molecule has 0 saturated carbocycles. The van der Waals surface area contributed by atoms with E-state index >= 15 is 0 Å². The lowest BCUT2D eigenvalue weighted by molar-refractivity contribution is -0.182. The Morgan fingerprint density at radius 2 is 0.762 bits per heavy atom. The fraction of sp³-hybridized carbons (Fsp3) is 0.690. The van der Waals surface area contributed by atoms with E-state index in [-0.39, 0.29) is 18.3 Å². The molecule has 2 aliphatic rings. The van der Waals surface area contributed by atoms with Crippen LogP contribution in [0.2, 0.25) is 0 Å². The largest absolute Gasteiger partial charge is 0.494 e. The Morgan fingerprint density at radius 3 is 1.05 bits per heavy atom. The summed E-state index contributed by atoms with van der Waals surface area (Å²) in [4.78, 5) is 92.8. The number of alkyl halides is 3. The van der Waals surface area contributed by atoms with Crippen molar-refractivity contribution < 1.29 is 81.7 Å². The molecule has 21 heteroatoms. The minimum Gasteiger partial charge on any atom is -0.494 e. The van der Waals surface area contributed by atoms with Crippen LogP contribution in [-0.2, 0) is 78.0 Å². The highest BCUT2D eigenvalue weighted by Crippen LogP contribution is 2.54. The predicted octanol–water partition coefficient (Wildman–Crippen LogP) is 5.97. The third-order valence-corrected chi connectivity index (χ3v) is 10.8. The maximum atomic E-state index is 14.0. The van der Waals surface area contributed by atoms with Gasteiger partial charge in [-0.15, -0.1) is 0 Å². The SMILES string of the molecule is CC(C)(C)C(=O)OCC(C)(COC(=O)C(C)(C)Br)C(=O)OCC(C)(COC(=O)C(C)(COC(=O)C(C)(C)Br)COC(=O)C(C)(C)Br)C(=O)OCCn1c(O)c2c(c1O)C1C=CC2O1. The first kappa shape index (κ1) is 53.6. The number of carbonyl (C=O) groups is 7. The van der Waals surface area contributed by atoms with Gasteiger partial charge in [0.2, 0.25) is 11.8 Å². The van der Waals surface area contributed by atoms with Gasteiger partial charge in [0, 0.05) is 0 Å². The molecule has 2 N–H and O–H groups in total. The number of rotatable bonds is 21. The van der Waals surface area contributed by atoms with Crippen molar-refractivity contribution in [3.05, 3.63) is 23.3 Å². The number of aromatic nitrogens is 1. The normalized spacial score (nSPS) is 18.0. The summed E-state index contributed by atoms with van der Waals surface area (Å²) in [6.07, 6.45) is 2.36. The Hall–Kier alpha value is -3.69. The molecule has 3 rings (SSSR count). The summed E-state index contributed by atoms with van der Waals surface area (Å²) >= 11 is 9.61. The molecule has 0 radical (unpaired) electrons. The van der Waals surface area contributed by atoms with Crippen LogP contribution in [0.4, 0.5) is 0 Å². The van der Waals surface area contributed by atoms with E-state index in [1.807, 2.05) is 0 Å². The number of halogens is 3. The van der Waals surface area contributed by atoms with Crippen molar-refractivity contribution in [2.45, 2.75) is 115 Å². The molecule has 0 amide bonds. The molecule has 2 aliphatic heterocycles. The summed E-state index contributed by atoms with van der Waals surface area (Å²) in [5.74, 6) is -6.73. The van der Waals surface area contributed by atoms with E-state index in [1.165, 1.54) is 62.3 Å². The molecule has 1 aromatic rings. The maximum absolute atomic E-state index is 14.0. The van der Waals surface area contributed by atoms with Crippen molar-refractivity contribution in [2.75, 3.05) is 46.2 Å². The van der Waals surface area contributed by atoms with Gasteiger partial charge in [-0.1, -0.05) is 59.9 Å². The molecular formula is C42H58Br3NO17. The Balaban J connectivity index is 1.93. The van der Waals surface area contributed by atoms with Gasteiger partial charge >= 0.3 is 41.8 Å². The van der Waals surface area contributed by atoms with Gasteiger partial charge in [-0.25, -0.2) is 0 Å². The second kappa shape index (κ2) is 19.8. The van der Waals surface area contributed by atoms with Crippen molar-refractivity contribution in [3.8, 4) is 11.8 Å². The Kier molecular flexibility index (Phi) is 16.9. The minimum absolute atomic E-state index is 0.235. The molecule has 0 fully saturated rings. The molecule has 63 heavy (non-hydrogen) atoms. The molecule has 0 spiro atoms. The topological polar surface area (TPSA) is 239 Å². The first-order valence-electron chi connectivity index (χ1n) is 19.8. The van der Waals surface area contributed by atoms with Gasteiger partial charge in [-0.2, -0.15) is 0 Å². The Morgan fingerprint density at radius 1 is 0.492 bits per heavy atom. The quantitative estimate of drug-likeness (QED) is 0.0624. The van der Waals surface area contributed by atoms with E-state index in [4.69, 9.17) is 37.9 Å². The van der Waals surface area contributed by atoms with Gasteiger partial charge in [-0.05, 0) is 83.1 Å². The lowest BCUT2D eigenvalue weighted by Gasteiger charge is -2.33. The van der Waals surface area contributed by atoms with E-state index in [0.717, 1.165) is 4.57 Å². The van der Waals surface area contributed by atoms with Crippen LogP contribution in [0.3, 0.4) is 0 Å². The third kappa shape index (κ3) is 13.4. The van der Waals surface area contributed by atoms with Crippen molar-refractivity contribution in [1.82, 2.24) is 4.57 Å². The molecule has 354 valence electrons. The molecule has 0 aromatic carbocycles. The number of ether oxygens (including phenoxy) is 8. The third-order valence-electron chi connectivity index (χ3n) is 9.83. The standard InChI is InChI=1S/C42H58Br3NO17/c1-36(2,3)29(49)57-17-41(11,18-58-30(50)37(4,5)43)34(54)61-21-40(10,33(53)56-16-15-46-27(47)25-23-13-14-24(63-23)26(25)28(46)48)22-62-35(55)42(12,19-59-31(51)38(6,7)44)20-60-32(52)39(8,9)45/h13-14,23-24,47-48H,15-22H2,1-12H3. The molecule has 1 aromatic heterocycles. The van der Waals surface area contributed by atoms with E-state index in [1.54, 1.807) is 32.9 Å². The number of aromatic hydroxyl groups is 2. The van der Waals surface area contributed by atoms with Gasteiger partial charge in [0.15, 0.2) is 0 Å². The van der Waals surface area contributed by atoms with Crippen LogP contribution in [0, 0.1) is 21.7 Å². The number of esters is 7. The zero-order valence-electron chi connectivity index (χ0n) is 37.6. The van der Waals surface area contributed by atoms with Gasteiger partial charge in [-0.3, -0.25) is 38.1 Å². The molecule has 2 bridgehead atoms. The minimum atomic E-state index is -2.01. The highest BCUT2D eigenvalue weighted by Gasteiger charge is 2.47. The molecule has 0 saturated heterocycles. The zero-order chi connectivity index (χ0) is 48.3. The molecule has 3 heterocycles. The number of hydrogen-bond donors (Lipinski definition) is 2. The second-order valence-electron chi connectivity index (χ2n) is 18.9. The van der Waals surface area contributed by atoms with Crippen LogP contribution >= 0.6 is 47.8 Å². The van der Waals surface area contributed by atoms with Crippen molar-refractivity contribution in [3.63, 3.8) is 0 Å². The molecule has 4 atom stereocenters. The molecular weight excluding hydrogens is 1030 g/mol. The van der Waals surface area contributed by atoms with Crippen molar-refractivity contribution in [2.24, 2.45) is 21.7 Å². The molecule has 0 aliphatic carbocycles. The number of hydrogen-bond acceptors (Lipinski definition) is 17. The van der Waals surface area contributed by atoms with Crippen LogP contribution in [-0.4, -0.2) is 116 Å². The fourth-order valence-corrected chi connectivity index (χ4v) is 5.84. The van der Waals surface area contributed by atoms with Crippen molar-refractivity contribution in [1.29, 1.82) is 0 Å². The summed E-state index contributed by atoms with van der Waals surface area (Å²) in [7, 11) is 0. The number of nitrogens with zero attached hydrogens (tertiary/aromatic N) is 1. The summed E-state index contributed by atoms with van der Waals surface area (Å²) in [6, 6.07) is 0. The summed E-state index contributed by atoms with van der Waals surface area (Å²) in [6.45, 7) is 13.0. The lowest BCUT2D eigenvalue weighted by Crippen LogP contribution is -2.47. The van der Waals surface area contributed by atoms with E-state index in [9.17, 15) is 43.8 Å². The summed E-state index contributed by atoms with van der Waals surface area (Å²) in [5, 5.41) is 21.8. The lowest BCUT2D eigenvalue weighted by atomic mass is 9.90. The van der Waals surface area contributed by atoms with Gasteiger partial charge in [0.25, 0.3) is 0 Å². The summed E-state index contributed by atoms with van der Waals surface area (Å²) in [5.41, 5.74) is -5.87. The Bertz CT molecular complexity index is 1780. The van der Waals surface area contributed by atoms with Crippen molar-refractivity contribution >= 4 is 89.6 Å². The summed E-state index contributed by atoms with van der Waals surface area (Å²) < 4.78 is 42.0. The second-order valence-corrected chi connectivity index (χ2v) is 24.9. The first-order chi connectivity index (χ1) is 28.6. The number of carbonyl (C=O) groups excluding carboxylic acids is 7. The maximum Gasteiger partial charge on any atom is 0.322 e. The Labute approximate surface area is 391 Å². The highest BCUT2D eigenvalue weighted by molar-refractivity contribution is 9.10. The predicted molar refractivity (Wildman–Crippen MR) is 233 cm³/mol. The monoisotopic (exact) mass is 1090 g/mol. The van der Waals surface area contributed by atoms with E-state index < -0.39 is 135 Å². The van der Waals surface area contributed by atoms with E-state index in [2.05, 4.69) is 47.8 Å². The van der Waals surface area contributed by atoms with Crippen LogP contribution in [0.15, 0.2) is 12.2 Å². The van der Waals surface area contributed by atoms with Crippen LogP contribution < -0.4 is 0 Å². The molecule has 4 unspecified atom stereocenters.